The third-order valence-corrected chi connectivity index (χ3v) is 14.4. The number of amides is 4. The maximum absolute atomic E-state index is 17.1. The van der Waals surface area contributed by atoms with Gasteiger partial charge in [0.15, 0.2) is 5.82 Å². The highest BCUT2D eigenvalue weighted by Crippen LogP contribution is 2.44. The average Bonchev–Trinajstić information content (AvgIpc) is 3.50. The Morgan fingerprint density at radius 2 is 1.58 bits per heavy atom. The highest BCUT2D eigenvalue weighted by Gasteiger charge is 2.45. The minimum Gasteiger partial charge on any atom is -0.462 e. The molecule has 3 aromatic carbocycles. The van der Waals surface area contributed by atoms with Crippen LogP contribution < -0.4 is 20.3 Å². The molecule has 5 unspecified atom stereocenters. The van der Waals surface area contributed by atoms with Gasteiger partial charge in [0, 0.05) is 93.6 Å². The lowest BCUT2D eigenvalue weighted by Crippen LogP contribution is -2.56. The SMILES string of the molecule is C#Cc1cccc2cccc(-c3ncc4c(N5CC6CC7CCC7CC(C5)N6)nc(OCCN5CCN(Cc6ccc7c(c6)C(=O)N(C6CCC(=O)NC6=O)C7=O)CC5)nc4c3F)c12. The van der Waals surface area contributed by atoms with Crippen molar-refractivity contribution in [1.29, 1.82) is 0 Å². The van der Waals surface area contributed by atoms with E-state index in [2.05, 4.69) is 31.3 Å². The summed E-state index contributed by atoms with van der Waals surface area (Å²) in [5.41, 5.74) is 3.05. The molecule has 11 rings (SSSR count). The fourth-order valence-electron chi connectivity index (χ4n) is 11.0. The molecular weight excluding hydrogens is 814 g/mol. The van der Waals surface area contributed by atoms with Gasteiger partial charge in [0.1, 0.15) is 29.7 Å². The van der Waals surface area contributed by atoms with Crippen LogP contribution in [0.1, 0.15) is 70.4 Å². The summed E-state index contributed by atoms with van der Waals surface area (Å²) in [4.78, 5) is 73.1. The number of imide groups is 2. The van der Waals surface area contributed by atoms with E-state index in [9.17, 15) is 19.2 Å². The largest absolute Gasteiger partial charge is 0.462 e. The number of anilines is 1. The number of carbonyl (C=O) groups is 4. The number of terminal acetylenes is 1. The molecule has 15 heteroatoms. The molecule has 1 saturated carbocycles. The Morgan fingerprint density at radius 1 is 0.844 bits per heavy atom. The van der Waals surface area contributed by atoms with Gasteiger partial charge in [-0.25, -0.2) is 4.39 Å². The number of nitrogens with one attached hydrogen (secondary N) is 2. The lowest BCUT2D eigenvalue weighted by molar-refractivity contribution is -0.136. The molecule has 1 aliphatic carbocycles. The number of rotatable bonds is 9. The van der Waals surface area contributed by atoms with E-state index >= 15 is 4.39 Å². The van der Waals surface area contributed by atoms with Crippen molar-refractivity contribution in [2.24, 2.45) is 11.8 Å². The number of ether oxygens (including phenoxy) is 1. The number of fused-ring (bicyclic) bond motifs is 6. The van der Waals surface area contributed by atoms with Crippen molar-refractivity contribution >= 4 is 51.1 Å². The zero-order chi connectivity index (χ0) is 43.6. The second-order valence-corrected chi connectivity index (χ2v) is 18.2. The molecule has 2 aromatic heterocycles. The van der Waals surface area contributed by atoms with Gasteiger partial charge < -0.3 is 15.0 Å². The number of piperazine rings is 2. The van der Waals surface area contributed by atoms with E-state index in [1.54, 1.807) is 18.3 Å². The Kier molecular flexibility index (Phi) is 10.3. The molecule has 2 N–H and O–H groups in total. The summed E-state index contributed by atoms with van der Waals surface area (Å²) < 4.78 is 23.4. The quantitative estimate of drug-likeness (QED) is 0.158. The van der Waals surface area contributed by atoms with Crippen molar-refractivity contribution < 1.29 is 28.3 Å². The van der Waals surface area contributed by atoms with Crippen molar-refractivity contribution in [3.63, 3.8) is 0 Å². The van der Waals surface area contributed by atoms with Gasteiger partial charge in [-0.3, -0.25) is 44.2 Å². The molecule has 64 heavy (non-hydrogen) atoms. The number of nitrogens with zero attached hydrogens (tertiary/aromatic N) is 7. The van der Waals surface area contributed by atoms with Crippen LogP contribution in [0.4, 0.5) is 10.2 Å². The number of halogens is 1. The van der Waals surface area contributed by atoms with Gasteiger partial charge >= 0.3 is 6.01 Å². The summed E-state index contributed by atoms with van der Waals surface area (Å²) in [5.74, 6) is 2.33. The number of piperidine rings is 1. The molecule has 0 spiro atoms. The normalized spacial score (nSPS) is 24.8. The van der Waals surface area contributed by atoms with Crippen molar-refractivity contribution in [3.05, 3.63) is 88.9 Å². The standard InChI is InChI=1S/C49H48FN9O5/c1-2-29-5-3-6-30-7-4-8-36(41(29)30)43-42(50)44-38(24-51-43)45(58-26-33-22-31-10-11-32(31)23-34(27-58)52-33)55-49(54-44)64-20-19-56-15-17-57(18-16-56)25-28-9-12-35-37(21-28)48(63)59(47(35)62)39-13-14-40(60)53-46(39)61/h1,3-9,12,21,24,31-34,39,52H,10-11,13-20,22-23,25-27H2,(H,53,60,61). The Balaban J connectivity index is 0.791. The predicted molar refractivity (Wildman–Crippen MR) is 237 cm³/mol. The summed E-state index contributed by atoms with van der Waals surface area (Å²) in [6.07, 6.45) is 12.7. The fraction of sp³-hybridized carbons (Fsp3) is 0.408. The first-order chi connectivity index (χ1) is 31.2. The molecule has 7 heterocycles. The molecular formula is C49H48FN9O5. The number of carbonyl (C=O) groups excluding carboxylic acids is 4. The van der Waals surface area contributed by atoms with Crippen molar-refractivity contribution in [3.8, 4) is 29.6 Å². The molecule has 326 valence electrons. The van der Waals surface area contributed by atoms with Crippen LogP contribution in [0.5, 0.6) is 6.01 Å². The first kappa shape index (κ1) is 40.4. The topological polar surface area (TPSA) is 153 Å². The number of hydrogen-bond donors (Lipinski definition) is 2. The van der Waals surface area contributed by atoms with Gasteiger partial charge in [-0.1, -0.05) is 42.3 Å². The second-order valence-electron chi connectivity index (χ2n) is 18.2. The van der Waals surface area contributed by atoms with E-state index in [-0.39, 0.29) is 41.2 Å². The second kappa shape index (κ2) is 16.3. The summed E-state index contributed by atoms with van der Waals surface area (Å²) in [6.45, 7) is 6.12. The highest BCUT2D eigenvalue weighted by molar-refractivity contribution is 6.23. The van der Waals surface area contributed by atoms with Gasteiger partial charge in [0.2, 0.25) is 11.8 Å². The van der Waals surface area contributed by atoms with Crippen molar-refractivity contribution in [2.75, 3.05) is 57.3 Å². The van der Waals surface area contributed by atoms with Gasteiger partial charge in [0.05, 0.1) is 16.5 Å². The fourth-order valence-corrected chi connectivity index (χ4v) is 11.0. The highest BCUT2D eigenvalue weighted by atomic mass is 19.1. The van der Waals surface area contributed by atoms with Gasteiger partial charge in [-0.2, -0.15) is 9.97 Å². The molecule has 14 nitrogen and oxygen atoms in total. The van der Waals surface area contributed by atoms with Crippen LogP contribution in [0.25, 0.3) is 32.9 Å². The Labute approximate surface area is 369 Å². The van der Waals surface area contributed by atoms with Gasteiger partial charge in [-0.15, -0.1) is 6.42 Å². The lowest BCUT2D eigenvalue weighted by atomic mass is 9.69. The number of aromatic nitrogens is 3. The summed E-state index contributed by atoms with van der Waals surface area (Å²) >= 11 is 0. The zero-order valence-corrected chi connectivity index (χ0v) is 35.4. The molecule has 5 fully saturated rings. The first-order valence-electron chi connectivity index (χ1n) is 22.5. The maximum atomic E-state index is 17.1. The summed E-state index contributed by atoms with van der Waals surface area (Å²) in [7, 11) is 0. The van der Waals surface area contributed by atoms with E-state index < -0.39 is 35.5 Å². The maximum Gasteiger partial charge on any atom is 0.319 e. The third-order valence-electron chi connectivity index (χ3n) is 14.4. The molecule has 6 aliphatic rings. The number of pyridine rings is 1. The number of benzene rings is 3. The van der Waals surface area contributed by atoms with E-state index in [4.69, 9.17) is 26.1 Å². The third kappa shape index (κ3) is 7.23. The zero-order valence-electron chi connectivity index (χ0n) is 35.4. The monoisotopic (exact) mass is 861 g/mol. The van der Waals surface area contributed by atoms with E-state index in [1.807, 2.05) is 42.5 Å². The minimum atomic E-state index is -0.998. The Hall–Kier alpha value is -6.34. The van der Waals surface area contributed by atoms with Crippen LogP contribution in [0.2, 0.25) is 0 Å². The molecule has 5 aromatic rings. The summed E-state index contributed by atoms with van der Waals surface area (Å²) in [5, 5.41) is 8.34. The minimum absolute atomic E-state index is 0.0739. The number of hydrogen-bond acceptors (Lipinski definition) is 12. The van der Waals surface area contributed by atoms with Crippen molar-refractivity contribution in [2.45, 2.75) is 63.2 Å². The predicted octanol–water partition coefficient (Wildman–Crippen LogP) is 4.53. The lowest BCUT2D eigenvalue weighted by Gasteiger charge is -2.38. The van der Waals surface area contributed by atoms with Crippen LogP contribution >= 0.6 is 0 Å². The smallest absolute Gasteiger partial charge is 0.319 e. The van der Waals surface area contributed by atoms with Gasteiger partial charge in [-0.05, 0) is 73.1 Å². The van der Waals surface area contributed by atoms with Crippen molar-refractivity contribution in [1.82, 2.24) is 40.3 Å². The van der Waals surface area contributed by atoms with Crippen LogP contribution in [0.3, 0.4) is 0 Å². The Bertz CT molecular complexity index is 2780. The molecule has 5 aliphatic heterocycles. The van der Waals surface area contributed by atoms with Crippen LogP contribution in [-0.2, 0) is 16.1 Å². The van der Waals surface area contributed by atoms with E-state index in [0.29, 0.717) is 54.1 Å². The van der Waals surface area contributed by atoms with Crippen LogP contribution in [0.15, 0.2) is 60.8 Å². The Morgan fingerprint density at radius 3 is 2.31 bits per heavy atom. The van der Waals surface area contributed by atoms with Crippen LogP contribution in [0, 0.1) is 30.0 Å². The molecule has 4 saturated heterocycles. The molecule has 0 radical (unpaired) electrons. The van der Waals surface area contributed by atoms with E-state index in [0.717, 1.165) is 85.2 Å². The summed E-state index contributed by atoms with van der Waals surface area (Å²) in [6, 6.07) is 16.4. The van der Waals surface area contributed by atoms with E-state index in [1.165, 1.54) is 12.8 Å². The molecule has 2 bridgehead atoms. The van der Waals surface area contributed by atoms with Gasteiger partial charge in [0.25, 0.3) is 11.8 Å². The first-order valence-corrected chi connectivity index (χ1v) is 22.5. The molecule has 5 atom stereocenters. The average molecular weight is 862 g/mol. The van der Waals surface area contributed by atoms with Crippen LogP contribution in [-0.4, -0.2) is 124 Å². The molecule has 4 amide bonds.